The van der Waals surface area contributed by atoms with E-state index in [0.29, 0.717) is 4.57 Å². The molecule has 0 amide bonds. The smallest absolute Gasteiger partial charge is 0.266 e. The van der Waals surface area contributed by atoms with Crippen molar-refractivity contribution in [3.05, 3.63) is 328 Å². The lowest BCUT2D eigenvalue weighted by Gasteiger charge is -2.20. The van der Waals surface area contributed by atoms with Gasteiger partial charge in [0.25, 0.3) is 133 Å². The number of fused-ring (bicyclic) bond motifs is 12. The standard InChI is InChI=1S/C93H78N12O30/c1-36(97-76(112)52-13-46-47(14-53(52)77(97)113)71(107)94(10)70(46)106)25-130-28-39(4)100-82(118)58-19-62-63(20-59(58)83(100)119)89(125)103(88(62)124)42(7)31-133-34-45(135-33-44(9)105-92(128)68-23-66-67(24-69(68)93(105)129)87(123)102(86(66)122)41(6)30-132-27-38(3)99-80(116)56-17-50-51(18-57(56)81(99)117)75(111)96(12)74(50)110)35-134-32-43(8)104-90(126)64-21-60-61(22-65(64)91(104)127)85(121)101(84(60)120)40(5)29-131-26-37(2)98-78(114)54-15-48-49(16-55(54)79(98)115)73(109)95(11)72(48)108/h13-24,33,36-43,45H,25-32,34-35H2,1-12H3/b44-33+. The Balaban J connectivity index is 0.572. The van der Waals surface area contributed by atoms with Crippen molar-refractivity contribution >= 4 is 135 Å². The van der Waals surface area contributed by atoms with Gasteiger partial charge >= 0.3 is 0 Å². The summed E-state index contributed by atoms with van der Waals surface area (Å²) in [7, 11) is 3.82. The highest BCUT2D eigenvalue weighted by molar-refractivity contribution is 6.03. The van der Waals surface area contributed by atoms with Crippen molar-refractivity contribution in [2.75, 3.05) is 66.1 Å². The molecule has 12 aromatic heterocycles. The Hall–Kier alpha value is -15.7. The molecule has 0 bridgehead atoms. The molecule has 6 aromatic carbocycles. The van der Waals surface area contributed by atoms with Gasteiger partial charge < -0.3 is 28.4 Å². The van der Waals surface area contributed by atoms with Gasteiger partial charge in [-0.15, -0.1) is 0 Å². The van der Waals surface area contributed by atoms with Crippen molar-refractivity contribution in [3.8, 4) is 0 Å². The zero-order valence-electron chi connectivity index (χ0n) is 73.9. The Morgan fingerprint density at radius 3 is 0.459 bits per heavy atom. The van der Waals surface area contributed by atoms with E-state index in [1.807, 2.05) is 0 Å². The van der Waals surface area contributed by atoms with Gasteiger partial charge in [-0.25, -0.2) is 4.57 Å². The summed E-state index contributed by atoms with van der Waals surface area (Å²) < 4.78 is 46.4. The number of aromatic nitrogens is 12. The molecule has 42 heteroatoms. The molecule has 0 aliphatic carbocycles. The van der Waals surface area contributed by atoms with Crippen LogP contribution in [0, 0.1) is 0 Å². The van der Waals surface area contributed by atoms with E-state index < -0.39 is 214 Å². The Labute approximate surface area is 746 Å². The minimum atomic E-state index is -1.28. The van der Waals surface area contributed by atoms with E-state index in [9.17, 15) is 115 Å². The summed E-state index contributed by atoms with van der Waals surface area (Å²) in [6.45, 7) is 9.56. The van der Waals surface area contributed by atoms with Crippen LogP contribution in [0.3, 0.4) is 0 Å². The summed E-state index contributed by atoms with van der Waals surface area (Å²) in [4.78, 5) is 329. The largest absolute Gasteiger partial charge is 0.491 e. The zero-order valence-corrected chi connectivity index (χ0v) is 73.9. The molecule has 18 rings (SSSR count). The number of hydrogen-bond acceptors (Lipinski definition) is 30. The Bertz CT molecular complexity index is 8940. The average molecular weight is 1840 g/mol. The van der Waals surface area contributed by atoms with Crippen LogP contribution in [0.2, 0.25) is 0 Å². The maximum absolute atomic E-state index is 14.4. The Kier molecular flexibility index (Phi) is 21.8. The minimum absolute atomic E-state index is 0.0275. The van der Waals surface area contributed by atoms with Crippen LogP contribution in [0.25, 0.3) is 135 Å². The number of allylic oxidation sites excluding steroid dienone is 1. The van der Waals surface area contributed by atoms with Gasteiger partial charge in [0.05, 0.1) is 249 Å². The molecule has 42 nitrogen and oxygen atoms in total. The van der Waals surface area contributed by atoms with Crippen LogP contribution in [-0.2, 0) is 49.6 Å². The quantitative estimate of drug-likeness (QED) is 0.0467. The number of benzene rings is 6. The zero-order chi connectivity index (χ0) is 96.9. The molecule has 0 radical (unpaired) electrons. The molecule has 18 aromatic rings. The van der Waals surface area contributed by atoms with Crippen molar-refractivity contribution in [2.24, 2.45) is 21.1 Å². The van der Waals surface area contributed by atoms with Crippen molar-refractivity contribution in [3.63, 3.8) is 0 Å². The maximum atomic E-state index is 14.4. The van der Waals surface area contributed by atoms with E-state index >= 15 is 0 Å². The first kappa shape index (κ1) is 89.9. The van der Waals surface area contributed by atoms with Crippen LogP contribution in [-0.4, -0.2) is 127 Å². The second kappa shape index (κ2) is 32.7. The molecule has 0 aliphatic rings. The van der Waals surface area contributed by atoms with Gasteiger partial charge in [0.15, 0.2) is 0 Å². The normalized spacial score (nSPS) is 14.7. The van der Waals surface area contributed by atoms with Gasteiger partial charge in [0.2, 0.25) is 0 Å². The molecule has 0 fully saturated rings. The first-order valence-electron chi connectivity index (χ1n) is 42.7. The lowest BCUT2D eigenvalue weighted by molar-refractivity contribution is -0.0354. The molecule has 690 valence electrons. The molecule has 8 unspecified atom stereocenters. The van der Waals surface area contributed by atoms with E-state index in [4.69, 9.17) is 28.4 Å². The van der Waals surface area contributed by atoms with E-state index in [1.165, 1.54) is 120 Å². The highest BCUT2D eigenvalue weighted by atomic mass is 16.6. The van der Waals surface area contributed by atoms with E-state index in [2.05, 4.69) is 0 Å². The van der Waals surface area contributed by atoms with Crippen molar-refractivity contribution in [2.45, 2.75) is 117 Å². The number of hydrogen-bond donors (Lipinski definition) is 0. The molecule has 0 N–H and O–H groups in total. The lowest BCUT2D eigenvalue weighted by Crippen LogP contribution is -2.34. The first-order chi connectivity index (χ1) is 64.0. The highest BCUT2D eigenvalue weighted by Crippen LogP contribution is 2.26. The predicted octanol–water partition coefficient (Wildman–Crippen LogP) is -1.07. The van der Waals surface area contributed by atoms with Gasteiger partial charge in [-0.05, 0) is 135 Å². The van der Waals surface area contributed by atoms with Gasteiger partial charge in [0, 0.05) is 21.1 Å². The predicted molar refractivity (Wildman–Crippen MR) is 499 cm³/mol. The lowest BCUT2D eigenvalue weighted by atomic mass is 10.1. The molecule has 12 heterocycles. The Morgan fingerprint density at radius 1 is 0.200 bits per heavy atom. The molecule has 0 spiro atoms. The third kappa shape index (κ3) is 13.6. The fourth-order valence-corrected chi connectivity index (χ4v) is 18.8. The fraction of sp³-hybridized carbons (Fsp3) is 0.333. The van der Waals surface area contributed by atoms with Gasteiger partial charge in [-0.2, -0.15) is 0 Å². The number of rotatable bonds is 31. The summed E-state index contributed by atoms with van der Waals surface area (Å²) in [5.41, 5.74) is -18.9. The summed E-state index contributed by atoms with van der Waals surface area (Å²) >= 11 is 0. The average Bonchev–Trinajstić information content (AvgIpc) is 2.41. The third-order valence-electron chi connectivity index (χ3n) is 26.0. The monoisotopic (exact) mass is 1840 g/mol. The topological polar surface area (TPSA) is 524 Å². The fourth-order valence-electron chi connectivity index (χ4n) is 18.8. The number of ether oxygens (including phenoxy) is 6. The number of nitrogens with zero attached hydrogens (tertiary/aromatic N) is 12. The second-order valence-electron chi connectivity index (χ2n) is 35.0. The van der Waals surface area contributed by atoms with Crippen molar-refractivity contribution in [1.82, 2.24) is 54.8 Å². The molecular weight excluding hydrogens is 1770 g/mol. The first-order valence-corrected chi connectivity index (χ1v) is 42.7. The molecule has 0 saturated heterocycles. The van der Waals surface area contributed by atoms with Gasteiger partial charge in [0.1, 0.15) is 12.4 Å². The van der Waals surface area contributed by atoms with Crippen LogP contribution in [0.15, 0.2) is 194 Å². The molecule has 8 atom stereocenters. The summed E-state index contributed by atoms with van der Waals surface area (Å²) in [6, 6.07) is 5.95. The second-order valence-corrected chi connectivity index (χ2v) is 35.0. The third-order valence-corrected chi connectivity index (χ3v) is 26.0. The highest BCUT2D eigenvalue weighted by Gasteiger charge is 2.33. The van der Waals surface area contributed by atoms with Crippen LogP contribution in [0.5, 0.6) is 0 Å². The maximum Gasteiger partial charge on any atom is 0.266 e. The van der Waals surface area contributed by atoms with Crippen LogP contribution < -0.4 is 133 Å². The molecule has 0 aliphatic heterocycles. The molecule has 0 saturated carbocycles. The van der Waals surface area contributed by atoms with Crippen molar-refractivity contribution in [1.29, 1.82) is 0 Å². The SMILES string of the molecule is C/C(=C\OC(COCC(C)n1c(=O)c2cc3c(=O)n(C(C)COCC(C)n4c(=O)c5cc6c(=O)n(C)c(=O)c6cc5c4=O)c(=O)c3cc2c1=O)COCC(C)n1c(=O)c2cc3c(=O)n(C(C)COCC(C)n4c(=O)c5cc6c(=O)n(C)c(=O)c6cc5c4=O)c(=O)c3cc2c1=O)n1c(=O)c2cc3c(=O)n(C(C)COCC(C)n4c(=O)c5cc6c(=O)n(C)c(=O)c6cc5c4=O)c(=O)c3cc2c1=O. The Morgan fingerprint density at radius 2 is 0.319 bits per heavy atom. The van der Waals surface area contributed by atoms with Crippen molar-refractivity contribution < 1.29 is 28.4 Å². The van der Waals surface area contributed by atoms with Gasteiger partial charge in [-0.3, -0.25) is 165 Å². The van der Waals surface area contributed by atoms with Crippen LogP contribution in [0.4, 0.5) is 0 Å². The van der Waals surface area contributed by atoms with E-state index in [1.54, 1.807) is 0 Å². The summed E-state index contributed by atoms with van der Waals surface area (Å²) in [5, 5.41) is -3.46. The summed E-state index contributed by atoms with van der Waals surface area (Å²) in [5.74, 6) is 0. The van der Waals surface area contributed by atoms with Crippen LogP contribution >= 0.6 is 0 Å². The van der Waals surface area contributed by atoms with E-state index in [-0.39, 0.29) is 175 Å². The molecule has 135 heavy (non-hydrogen) atoms. The van der Waals surface area contributed by atoms with E-state index in [0.717, 1.165) is 92.9 Å². The minimum Gasteiger partial charge on any atom is -0.491 e. The van der Waals surface area contributed by atoms with Gasteiger partial charge in [-0.1, -0.05) is 0 Å². The van der Waals surface area contributed by atoms with Crippen LogP contribution in [0.1, 0.15) is 111 Å². The molecular formula is C93H78N12O30. The summed E-state index contributed by atoms with van der Waals surface area (Å²) in [6.07, 6.45) is -0.286.